The first-order valence-electron chi connectivity index (χ1n) is 7.48. The van der Waals surface area contributed by atoms with Crippen LogP contribution < -0.4 is 9.64 Å². The van der Waals surface area contributed by atoms with E-state index in [1.54, 1.807) is 0 Å². The molecule has 0 aliphatic rings. The van der Waals surface area contributed by atoms with E-state index in [2.05, 4.69) is 0 Å². The topological polar surface area (TPSA) is 52.9 Å². The molecule has 4 heteroatoms. The highest BCUT2D eigenvalue weighted by Crippen LogP contribution is 2.25. The zero-order chi connectivity index (χ0) is 15.8. The van der Waals surface area contributed by atoms with Crippen molar-refractivity contribution >= 4 is 5.69 Å². The van der Waals surface area contributed by atoms with Crippen LogP contribution in [0.15, 0.2) is 48.5 Å². The van der Waals surface area contributed by atoms with Crippen LogP contribution in [0, 0.1) is 6.92 Å². The van der Waals surface area contributed by atoms with Gasteiger partial charge in [0.2, 0.25) is 0 Å². The fraction of sp³-hybridized carbons (Fsp3) is 0.333. The first-order valence-corrected chi connectivity index (χ1v) is 7.48. The Morgan fingerprint density at radius 1 is 0.955 bits per heavy atom. The number of aliphatic hydroxyl groups excluding tert-OH is 2. The second-order valence-corrected chi connectivity index (χ2v) is 5.16. The molecule has 0 bridgehead atoms. The Hall–Kier alpha value is -2.04. The summed E-state index contributed by atoms with van der Waals surface area (Å²) in [6.07, 6.45) is 0. The molecule has 0 aliphatic carbocycles. The monoisotopic (exact) mass is 301 g/mol. The molecule has 0 amide bonds. The third-order valence-corrected chi connectivity index (χ3v) is 3.50. The normalized spacial score (nSPS) is 10.5. The molecule has 0 saturated heterocycles. The molecule has 22 heavy (non-hydrogen) atoms. The number of rotatable bonds is 8. The van der Waals surface area contributed by atoms with Crippen molar-refractivity contribution in [3.63, 3.8) is 0 Å². The molecule has 0 radical (unpaired) electrons. The van der Waals surface area contributed by atoms with E-state index in [-0.39, 0.29) is 13.2 Å². The van der Waals surface area contributed by atoms with Crippen LogP contribution in [-0.4, -0.2) is 36.5 Å². The highest BCUT2D eigenvalue weighted by atomic mass is 16.5. The van der Waals surface area contributed by atoms with Gasteiger partial charge in [0.1, 0.15) is 12.4 Å². The Kier molecular flexibility index (Phi) is 6.25. The van der Waals surface area contributed by atoms with E-state index in [1.165, 1.54) is 0 Å². The molecular weight excluding hydrogens is 278 g/mol. The lowest BCUT2D eigenvalue weighted by Gasteiger charge is -2.24. The van der Waals surface area contributed by atoms with E-state index in [4.69, 9.17) is 14.9 Å². The predicted octanol–water partition coefficient (Wildman–Crippen LogP) is 2.37. The first-order chi connectivity index (χ1) is 10.7. The van der Waals surface area contributed by atoms with Gasteiger partial charge in [-0.15, -0.1) is 0 Å². The Bertz CT molecular complexity index is 566. The molecule has 118 valence electrons. The Labute approximate surface area is 131 Å². The lowest BCUT2D eigenvalue weighted by Crippen LogP contribution is -2.29. The molecule has 0 aromatic heterocycles. The summed E-state index contributed by atoms with van der Waals surface area (Å²) in [5.41, 5.74) is 3.15. The zero-order valence-corrected chi connectivity index (χ0v) is 12.9. The molecule has 0 spiro atoms. The molecule has 2 aromatic rings. The van der Waals surface area contributed by atoms with E-state index < -0.39 is 0 Å². The molecule has 4 nitrogen and oxygen atoms in total. The Morgan fingerprint density at radius 3 is 2.23 bits per heavy atom. The summed E-state index contributed by atoms with van der Waals surface area (Å²) < 4.78 is 5.86. The van der Waals surface area contributed by atoms with Crippen LogP contribution in [0.1, 0.15) is 11.1 Å². The second-order valence-electron chi connectivity index (χ2n) is 5.16. The number of anilines is 1. The van der Waals surface area contributed by atoms with E-state index >= 15 is 0 Å². The quantitative estimate of drug-likeness (QED) is 0.786. The summed E-state index contributed by atoms with van der Waals surface area (Å²) in [4.78, 5) is 1.95. The van der Waals surface area contributed by atoms with Crippen molar-refractivity contribution in [1.82, 2.24) is 0 Å². The fourth-order valence-corrected chi connectivity index (χ4v) is 2.34. The van der Waals surface area contributed by atoms with Crippen LogP contribution in [0.2, 0.25) is 0 Å². The fourth-order valence-electron chi connectivity index (χ4n) is 2.34. The highest BCUT2D eigenvalue weighted by molar-refractivity contribution is 5.53. The first kappa shape index (κ1) is 16.3. The molecule has 2 aromatic carbocycles. The van der Waals surface area contributed by atoms with Crippen LogP contribution in [0.5, 0.6) is 5.75 Å². The molecule has 0 atom stereocenters. The molecular formula is C18H23NO3. The van der Waals surface area contributed by atoms with Crippen LogP contribution in [0.25, 0.3) is 0 Å². The van der Waals surface area contributed by atoms with E-state index in [1.807, 2.05) is 60.4 Å². The zero-order valence-electron chi connectivity index (χ0n) is 12.9. The van der Waals surface area contributed by atoms with Gasteiger partial charge in [-0.2, -0.15) is 0 Å². The van der Waals surface area contributed by atoms with E-state index in [9.17, 15) is 0 Å². The average Bonchev–Trinajstić information content (AvgIpc) is 2.54. The molecule has 0 aliphatic heterocycles. The van der Waals surface area contributed by atoms with Crippen molar-refractivity contribution in [1.29, 1.82) is 0 Å². The molecule has 2 N–H and O–H groups in total. The van der Waals surface area contributed by atoms with Gasteiger partial charge >= 0.3 is 0 Å². The largest absolute Gasteiger partial charge is 0.489 e. The van der Waals surface area contributed by atoms with Gasteiger partial charge in [0.25, 0.3) is 0 Å². The smallest absolute Gasteiger partial charge is 0.122 e. The van der Waals surface area contributed by atoms with Crippen LogP contribution in [-0.2, 0) is 6.61 Å². The molecule has 0 saturated carbocycles. The van der Waals surface area contributed by atoms with E-state index in [0.717, 1.165) is 22.6 Å². The SMILES string of the molecule is Cc1cc(N(CCO)CCO)ccc1OCc1ccccc1. The van der Waals surface area contributed by atoms with Crippen molar-refractivity contribution in [2.45, 2.75) is 13.5 Å². The number of hydrogen-bond donors (Lipinski definition) is 2. The maximum Gasteiger partial charge on any atom is 0.122 e. The van der Waals surface area contributed by atoms with Gasteiger partial charge in [-0.25, -0.2) is 0 Å². The molecule has 2 rings (SSSR count). The highest BCUT2D eigenvalue weighted by Gasteiger charge is 2.08. The lowest BCUT2D eigenvalue weighted by atomic mass is 10.1. The minimum atomic E-state index is 0.0608. The van der Waals surface area contributed by atoms with Gasteiger partial charge in [0.15, 0.2) is 0 Å². The summed E-state index contributed by atoms with van der Waals surface area (Å²) in [6.45, 7) is 3.67. The van der Waals surface area contributed by atoms with Crippen LogP contribution >= 0.6 is 0 Å². The number of ether oxygens (including phenoxy) is 1. The van der Waals surface area contributed by atoms with Crippen LogP contribution in [0.3, 0.4) is 0 Å². The Morgan fingerprint density at radius 2 is 1.64 bits per heavy atom. The van der Waals surface area contributed by atoms with Crippen LogP contribution in [0.4, 0.5) is 5.69 Å². The van der Waals surface area contributed by atoms with Crippen molar-refractivity contribution in [2.24, 2.45) is 0 Å². The summed E-state index contributed by atoms with van der Waals surface area (Å²) in [5.74, 6) is 0.848. The standard InChI is InChI=1S/C18H23NO3/c1-15-13-17(19(9-11-20)10-12-21)7-8-18(15)22-14-16-5-3-2-4-6-16/h2-8,13,20-21H,9-12,14H2,1H3. The summed E-state index contributed by atoms with van der Waals surface area (Å²) in [5, 5.41) is 18.2. The van der Waals surface area contributed by atoms with Crippen molar-refractivity contribution in [3.05, 3.63) is 59.7 Å². The third kappa shape index (κ3) is 4.48. The number of nitrogens with zero attached hydrogens (tertiary/aromatic N) is 1. The Balaban J connectivity index is 2.05. The van der Waals surface area contributed by atoms with Crippen molar-refractivity contribution in [3.8, 4) is 5.75 Å². The number of benzene rings is 2. The van der Waals surface area contributed by atoms with E-state index in [0.29, 0.717) is 19.7 Å². The molecule has 0 unspecified atom stereocenters. The van der Waals surface area contributed by atoms with Gasteiger partial charge < -0.3 is 19.8 Å². The molecule has 0 heterocycles. The summed E-state index contributed by atoms with van der Waals surface area (Å²) >= 11 is 0. The van der Waals surface area contributed by atoms with Gasteiger partial charge in [-0.1, -0.05) is 30.3 Å². The van der Waals surface area contributed by atoms with Gasteiger partial charge in [0.05, 0.1) is 13.2 Å². The second kappa shape index (κ2) is 8.41. The number of hydrogen-bond acceptors (Lipinski definition) is 4. The lowest BCUT2D eigenvalue weighted by molar-refractivity contribution is 0.281. The number of aryl methyl sites for hydroxylation is 1. The van der Waals surface area contributed by atoms with Gasteiger partial charge in [0, 0.05) is 18.8 Å². The molecule has 0 fully saturated rings. The van der Waals surface area contributed by atoms with Crippen molar-refractivity contribution in [2.75, 3.05) is 31.2 Å². The maximum atomic E-state index is 9.11. The van der Waals surface area contributed by atoms with Gasteiger partial charge in [-0.3, -0.25) is 0 Å². The van der Waals surface area contributed by atoms with Crippen molar-refractivity contribution < 1.29 is 14.9 Å². The number of aliphatic hydroxyl groups is 2. The minimum absolute atomic E-state index is 0.0608. The summed E-state index contributed by atoms with van der Waals surface area (Å²) in [7, 11) is 0. The maximum absolute atomic E-state index is 9.11. The summed E-state index contributed by atoms with van der Waals surface area (Å²) in [6, 6.07) is 16.0. The minimum Gasteiger partial charge on any atom is -0.489 e. The predicted molar refractivity (Wildman–Crippen MR) is 88.3 cm³/mol. The average molecular weight is 301 g/mol. The third-order valence-electron chi connectivity index (χ3n) is 3.50. The van der Waals surface area contributed by atoms with Gasteiger partial charge in [-0.05, 0) is 36.2 Å².